The van der Waals surface area contributed by atoms with E-state index < -0.39 is 0 Å². The van der Waals surface area contributed by atoms with Gasteiger partial charge in [-0.1, -0.05) is 76.5 Å². The third kappa shape index (κ3) is 6.19. The standard InChI is InChI=1S/C26H34N2O2/c1-3-4-5-6-7-8-9-10-13-18-27-26(29)22-19-24(25-17-16-20(2)30-25)28-23-15-12-11-14-21(22)23/h11-12,14-17,19H,3-10,13,18H2,1-2H3,(H,27,29). The summed E-state index contributed by atoms with van der Waals surface area (Å²) >= 11 is 0. The second kappa shape index (κ2) is 11.5. The molecule has 0 spiro atoms. The van der Waals surface area contributed by atoms with E-state index in [1.165, 1.54) is 51.4 Å². The van der Waals surface area contributed by atoms with Crippen LogP contribution in [0.4, 0.5) is 0 Å². The molecule has 4 heteroatoms. The average molecular weight is 407 g/mol. The van der Waals surface area contributed by atoms with Crippen molar-refractivity contribution in [2.24, 2.45) is 0 Å². The molecule has 0 saturated carbocycles. The van der Waals surface area contributed by atoms with Gasteiger partial charge in [-0.15, -0.1) is 0 Å². The normalized spacial score (nSPS) is 11.1. The third-order valence-corrected chi connectivity index (χ3v) is 5.52. The van der Waals surface area contributed by atoms with Crippen LogP contribution in [0.2, 0.25) is 0 Å². The fourth-order valence-corrected chi connectivity index (χ4v) is 3.79. The fraction of sp³-hybridized carbons (Fsp3) is 0.462. The molecule has 0 saturated heterocycles. The van der Waals surface area contributed by atoms with Gasteiger partial charge in [0.05, 0.1) is 11.1 Å². The van der Waals surface area contributed by atoms with Crippen LogP contribution in [0.15, 0.2) is 46.9 Å². The lowest BCUT2D eigenvalue weighted by atomic mass is 10.1. The number of aryl methyl sites for hydroxylation is 1. The molecule has 3 aromatic rings. The largest absolute Gasteiger partial charge is 0.460 e. The minimum Gasteiger partial charge on any atom is -0.460 e. The Balaban J connectivity index is 1.54. The molecule has 0 fully saturated rings. The number of benzene rings is 1. The molecule has 0 aliphatic heterocycles. The number of carbonyl (C=O) groups excluding carboxylic acids is 1. The first-order chi connectivity index (χ1) is 14.7. The highest BCUT2D eigenvalue weighted by Crippen LogP contribution is 2.26. The Morgan fingerprint density at radius 1 is 0.933 bits per heavy atom. The second-order valence-electron chi connectivity index (χ2n) is 8.07. The lowest BCUT2D eigenvalue weighted by Gasteiger charge is -2.10. The van der Waals surface area contributed by atoms with Gasteiger partial charge in [-0.3, -0.25) is 4.79 Å². The van der Waals surface area contributed by atoms with E-state index >= 15 is 0 Å². The predicted octanol–water partition coefficient (Wildman–Crippen LogP) is 7.06. The number of pyridine rings is 1. The first kappa shape index (κ1) is 22.1. The first-order valence-electron chi connectivity index (χ1n) is 11.4. The summed E-state index contributed by atoms with van der Waals surface area (Å²) in [6.45, 7) is 4.87. The summed E-state index contributed by atoms with van der Waals surface area (Å²) in [6, 6.07) is 13.4. The molecule has 0 atom stereocenters. The summed E-state index contributed by atoms with van der Waals surface area (Å²) in [5.74, 6) is 1.47. The number of carbonyl (C=O) groups is 1. The molecule has 2 aromatic heterocycles. The van der Waals surface area contributed by atoms with E-state index in [1.807, 2.05) is 49.4 Å². The Kier molecular flexibility index (Phi) is 8.49. The predicted molar refractivity (Wildman–Crippen MR) is 124 cm³/mol. The van der Waals surface area contributed by atoms with Gasteiger partial charge in [-0.25, -0.2) is 4.98 Å². The maximum atomic E-state index is 12.9. The van der Waals surface area contributed by atoms with Crippen molar-refractivity contribution in [3.05, 3.63) is 53.8 Å². The maximum absolute atomic E-state index is 12.9. The van der Waals surface area contributed by atoms with E-state index in [2.05, 4.69) is 17.2 Å². The summed E-state index contributed by atoms with van der Waals surface area (Å²) in [5, 5.41) is 3.97. The summed E-state index contributed by atoms with van der Waals surface area (Å²) in [6.07, 6.45) is 11.5. The van der Waals surface area contributed by atoms with Crippen molar-refractivity contribution in [3.63, 3.8) is 0 Å². The van der Waals surface area contributed by atoms with Gasteiger partial charge in [0.25, 0.3) is 5.91 Å². The summed E-state index contributed by atoms with van der Waals surface area (Å²) < 4.78 is 5.73. The van der Waals surface area contributed by atoms with Crippen LogP contribution < -0.4 is 5.32 Å². The van der Waals surface area contributed by atoms with Gasteiger partial charge in [-0.05, 0) is 37.6 Å². The lowest BCUT2D eigenvalue weighted by molar-refractivity contribution is 0.0954. The van der Waals surface area contributed by atoms with Crippen LogP contribution in [-0.4, -0.2) is 17.4 Å². The number of para-hydroxylation sites is 1. The molecule has 0 aliphatic rings. The zero-order valence-electron chi connectivity index (χ0n) is 18.4. The molecule has 0 radical (unpaired) electrons. The molecule has 160 valence electrons. The number of hydrogen-bond donors (Lipinski definition) is 1. The number of aromatic nitrogens is 1. The van der Waals surface area contributed by atoms with Crippen LogP contribution in [-0.2, 0) is 0 Å². The van der Waals surface area contributed by atoms with Crippen LogP contribution in [0.25, 0.3) is 22.4 Å². The fourth-order valence-electron chi connectivity index (χ4n) is 3.79. The van der Waals surface area contributed by atoms with E-state index in [-0.39, 0.29) is 5.91 Å². The highest BCUT2D eigenvalue weighted by molar-refractivity contribution is 6.07. The molecule has 2 heterocycles. The van der Waals surface area contributed by atoms with Crippen molar-refractivity contribution < 1.29 is 9.21 Å². The van der Waals surface area contributed by atoms with Crippen LogP contribution in [0.3, 0.4) is 0 Å². The van der Waals surface area contributed by atoms with E-state index in [0.29, 0.717) is 23.6 Å². The summed E-state index contributed by atoms with van der Waals surface area (Å²) in [5.41, 5.74) is 2.15. The number of hydrogen-bond acceptors (Lipinski definition) is 3. The van der Waals surface area contributed by atoms with Crippen LogP contribution in [0.1, 0.15) is 80.8 Å². The Labute approximate surface area is 180 Å². The number of furan rings is 1. The topological polar surface area (TPSA) is 55.1 Å². The van der Waals surface area contributed by atoms with Crippen molar-refractivity contribution in [1.29, 1.82) is 0 Å². The van der Waals surface area contributed by atoms with E-state index in [4.69, 9.17) is 4.42 Å². The number of nitrogens with zero attached hydrogens (tertiary/aromatic N) is 1. The molecular formula is C26H34N2O2. The highest BCUT2D eigenvalue weighted by Gasteiger charge is 2.15. The summed E-state index contributed by atoms with van der Waals surface area (Å²) in [4.78, 5) is 17.6. The third-order valence-electron chi connectivity index (χ3n) is 5.52. The Bertz CT molecular complexity index is 945. The second-order valence-corrected chi connectivity index (χ2v) is 8.07. The van der Waals surface area contributed by atoms with E-state index in [0.717, 1.165) is 23.1 Å². The van der Waals surface area contributed by atoms with Gasteiger partial charge < -0.3 is 9.73 Å². The minimum absolute atomic E-state index is 0.0438. The van der Waals surface area contributed by atoms with Crippen molar-refractivity contribution in [2.45, 2.75) is 71.6 Å². The Morgan fingerprint density at radius 2 is 1.63 bits per heavy atom. The molecule has 30 heavy (non-hydrogen) atoms. The monoisotopic (exact) mass is 406 g/mol. The van der Waals surface area contributed by atoms with Crippen molar-refractivity contribution >= 4 is 16.8 Å². The average Bonchev–Trinajstić information content (AvgIpc) is 3.20. The van der Waals surface area contributed by atoms with Gasteiger partial charge in [-0.2, -0.15) is 0 Å². The van der Waals surface area contributed by atoms with E-state index in [9.17, 15) is 4.79 Å². The summed E-state index contributed by atoms with van der Waals surface area (Å²) in [7, 11) is 0. The number of amides is 1. The molecule has 4 nitrogen and oxygen atoms in total. The number of rotatable bonds is 12. The van der Waals surface area contributed by atoms with Crippen LogP contribution >= 0.6 is 0 Å². The van der Waals surface area contributed by atoms with Gasteiger partial charge in [0.1, 0.15) is 11.5 Å². The Morgan fingerprint density at radius 3 is 2.33 bits per heavy atom. The molecule has 0 bridgehead atoms. The van der Waals surface area contributed by atoms with Crippen molar-refractivity contribution in [2.75, 3.05) is 6.54 Å². The number of fused-ring (bicyclic) bond motifs is 1. The van der Waals surface area contributed by atoms with Crippen LogP contribution in [0.5, 0.6) is 0 Å². The Hall–Kier alpha value is -2.62. The van der Waals surface area contributed by atoms with Gasteiger partial charge >= 0.3 is 0 Å². The van der Waals surface area contributed by atoms with Gasteiger partial charge in [0.15, 0.2) is 5.76 Å². The smallest absolute Gasteiger partial charge is 0.252 e. The zero-order valence-corrected chi connectivity index (χ0v) is 18.4. The maximum Gasteiger partial charge on any atom is 0.252 e. The molecule has 1 amide bonds. The lowest BCUT2D eigenvalue weighted by Crippen LogP contribution is -2.24. The molecule has 0 unspecified atom stereocenters. The SMILES string of the molecule is CCCCCCCCCCCNC(=O)c1cc(-c2ccc(C)o2)nc2ccccc12. The van der Waals surface area contributed by atoms with Crippen LogP contribution in [0, 0.1) is 6.92 Å². The molecule has 0 aliphatic carbocycles. The van der Waals surface area contributed by atoms with Gasteiger partial charge in [0, 0.05) is 11.9 Å². The quantitative estimate of drug-likeness (QED) is 0.327. The van der Waals surface area contributed by atoms with E-state index in [1.54, 1.807) is 0 Å². The van der Waals surface area contributed by atoms with Crippen molar-refractivity contribution in [3.8, 4) is 11.5 Å². The molecule has 1 aromatic carbocycles. The van der Waals surface area contributed by atoms with Gasteiger partial charge in [0.2, 0.25) is 0 Å². The first-order valence-corrected chi connectivity index (χ1v) is 11.4. The number of nitrogens with one attached hydrogen (secondary N) is 1. The zero-order chi connectivity index (χ0) is 21.2. The molecular weight excluding hydrogens is 372 g/mol. The van der Waals surface area contributed by atoms with Crippen molar-refractivity contribution in [1.82, 2.24) is 10.3 Å². The highest BCUT2D eigenvalue weighted by atomic mass is 16.3. The number of unbranched alkanes of at least 4 members (excludes halogenated alkanes) is 8. The molecule has 3 rings (SSSR count). The molecule has 1 N–H and O–H groups in total. The minimum atomic E-state index is -0.0438.